The fourth-order valence-corrected chi connectivity index (χ4v) is 5.55. The summed E-state index contributed by atoms with van der Waals surface area (Å²) in [6, 6.07) is 10.8. The van der Waals surface area contributed by atoms with Gasteiger partial charge in [0, 0.05) is 29.8 Å². The van der Waals surface area contributed by atoms with Gasteiger partial charge in [0.05, 0.1) is 7.11 Å². The van der Waals surface area contributed by atoms with E-state index in [1.54, 1.807) is 18.2 Å². The predicted octanol–water partition coefficient (Wildman–Crippen LogP) is 5.36. The van der Waals surface area contributed by atoms with Crippen molar-refractivity contribution in [3.63, 3.8) is 0 Å². The molecule has 1 aliphatic heterocycles. The third-order valence-corrected chi connectivity index (χ3v) is 7.83. The standard InChI is InChI=1S/C31H30F4N4O4S.U/c1-4-38(5-2)15-7-14-36-26(40)18-43-25-9-6-8-22(28(25)42-3)31-39(30(41)27-23(34)16-21(33)17-24(27)35)37-29(44-31)19-10-12-20(32)13-11-19;/h6,8-13,16-17,31H,1-2,4-5,7,14-15,18H2,3H3,(H,36,40);/q-2;+2. The number of methoxy groups -OCH3 is 1. The molecule has 8 nitrogen and oxygen atoms in total. The minimum absolute atomic E-state index is 0. The van der Waals surface area contributed by atoms with Crippen LogP contribution in [0.5, 0.6) is 11.5 Å². The molecule has 1 heterocycles. The SMILES string of the molecule is [CH2-]CN(C[CH2-])CCCNC(=O)COc1cccc(C2SC(c3ccc(F)cc3)=NN2C(=O)c2c(F)cc(F)cc2F)c1OC.[U+2]. The maximum atomic E-state index is 14.7. The smallest absolute Gasteiger partial charge is 0.492 e. The number of para-hydroxylation sites is 1. The van der Waals surface area contributed by atoms with Gasteiger partial charge in [0.2, 0.25) is 0 Å². The summed E-state index contributed by atoms with van der Waals surface area (Å²) in [4.78, 5) is 28.0. The molecule has 0 aliphatic carbocycles. The molecule has 0 aromatic heterocycles. The molecule has 0 saturated carbocycles. The van der Waals surface area contributed by atoms with Gasteiger partial charge in [0.1, 0.15) is 39.2 Å². The van der Waals surface area contributed by atoms with Crippen LogP contribution in [0.25, 0.3) is 0 Å². The molecule has 0 saturated heterocycles. The van der Waals surface area contributed by atoms with Crippen molar-refractivity contribution in [1.29, 1.82) is 0 Å². The number of nitrogens with one attached hydrogen (secondary N) is 1. The monoisotopic (exact) mass is 868 g/mol. The van der Waals surface area contributed by atoms with Gasteiger partial charge >= 0.3 is 31.1 Å². The van der Waals surface area contributed by atoms with Crippen LogP contribution in [0, 0.1) is 68.2 Å². The number of ether oxygens (including phenoxy) is 2. The summed E-state index contributed by atoms with van der Waals surface area (Å²) in [7, 11) is 1.36. The Morgan fingerprint density at radius 2 is 1.69 bits per heavy atom. The Kier molecular flexibility index (Phi) is 13.8. The Morgan fingerprint density at radius 1 is 1.02 bits per heavy atom. The molecule has 1 N–H and O–H groups in total. The van der Waals surface area contributed by atoms with Crippen LogP contribution in [0.2, 0.25) is 0 Å². The molecule has 236 valence electrons. The summed E-state index contributed by atoms with van der Waals surface area (Å²) >= 11 is 1.04. The molecule has 0 spiro atoms. The van der Waals surface area contributed by atoms with Crippen molar-refractivity contribution in [3.8, 4) is 11.5 Å². The van der Waals surface area contributed by atoms with E-state index in [1.165, 1.54) is 31.4 Å². The van der Waals surface area contributed by atoms with Crippen molar-refractivity contribution in [1.82, 2.24) is 15.2 Å². The Balaban J connectivity index is 0.00000552. The second-order valence-corrected chi connectivity index (χ2v) is 10.6. The molecule has 4 rings (SSSR count). The number of carbonyl (C=O) groups excluding carboxylic acids is 2. The molecular weight excluding hydrogens is 838 g/mol. The molecule has 1 aliphatic rings. The topological polar surface area (TPSA) is 83.5 Å². The fourth-order valence-electron chi connectivity index (χ4n) is 4.38. The molecular formula is C31H30F4N4O4SU. The number of thioether (sulfide) groups is 1. The van der Waals surface area contributed by atoms with Crippen LogP contribution in [-0.2, 0) is 4.79 Å². The number of hydrazone groups is 1. The van der Waals surface area contributed by atoms with E-state index in [0.717, 1.165) is 23.3 Å². The molecule has 45 heavy (non-hydrogen) atoms. The molecule has 0 fully saturated rings. The van der Waals surface area contributed by atoms with Gasteiger partial charge in [-0.15, -0.1) is 13.1 Å². The molecule has 1 unspecified atom stereocenters. The fraction of sp³-hybridized carbons (Fsp3) is 0.258. The summed E-state index contributed by atoms with van der Waals surface area (Å²) in [6.45, 7) is 9.69. The quantitative estimate of drug-likeness (QED) is 0.142. The van der Waals surface area contributed by atoms with Crippen molar-refractivity contribution in [2.45, 2.75) is 11.8 Å². The molecule has 14 heteroatoms. The zero-order valence-electron chi connectivity index (χ0n) is 24.3. The Morgan fingerprint density at radius 3 is 2.31 bits per heavy atom. The van der Waals surface area contributed by atoms with Crippen LogP contribution in [0.4, 0.5) is 17.6 Å². The number of amides is 2. The van der Waals surface area contributed by atoms with Crippen molar-refractivity contribution in [2.24, 2.45) is 5.10 Å². The van der Waals surface area contributed by atoms with Crippen LogP contribution in [0.15, 0.2) is 59.7 Å². The normalized spacial score (nSPS) is 14.2. The van der Waals surface area contributed by atoms with Gasteiger partial charge in [0.15, 0.2) is 18.1 Å². The summed E-state index contributed by atoms with van der Waals surface area (Å²) in [6.07, 6.45) is 0.698. The Bertz CT molecular complexity index is 1500. The summed E-state index contributed by atoms with van der Waals surface area (Å²) in [5, 5.41) is 7.14. The van der Waals surface area contributed by atoms with Gasteiger partial charge in [-0.3, -0.25) is 9.59 Å². The van der Waals surface area contributed by atoms with Crippen molar-refractivity contribution >= 4 is 28.6 Å². The van der Waals surface area contributed by atoms with E-state index >= 15 is 0 Å². The molecule has 0 bridgehead atoms. The number of hydrogen-bond donors (Lipinski definition) is 1. The number of carbonyl (C=O) groups is 2. The van der Waals surface area contributed by atoms with E-state index in [9.17, 15) is 27.2 Å². The first-order valence-corrected chi connectivity index (χ1v) is 14.4. The predicted molar refractivity (Wildman–Crippen MR) is 159 cm³/mol. The van der Waals surface area contributed by atoms with Crippen LogP contribution in [-0.4, -0.2) is 66.7 Å². The van der Waals surface area contributed by atoms with Crippen LogP contribution in [0.3, 0.4) is 0 Å². The van der Waals surface area contributed by atoms with E-state index in [1.807, 2.05) is 4.90 Å². The second kappa shape index (κ2) is 17.0. The molecule has 1 atom stereocenters. The van der Waals surface area contributed by atoms with Gasteiger partial charge in [-0.2, -0.15) is 5.10 Å². The summed E-state index contributed by atoms with van der Waals surface area (Å²) in [5.41, 5.74) is -0.236. The number of halogens is 4. The molecule has 2 amide bonds. The van der Waals surface area contributed by atoms with Gasteiger partial charge in [-0.25, -0.2) is 22.6 Å². The third-order valence-electron chi connectivity index (χ3n) is 6.61. The van der Waals surface area contributed by atoms with Crippen LogP contribution in [0.1, 0.15) is 33.3 Å². The number of benzene rings is 3. The third kappa shape index (κ3) is 9.03. The first kappa shape index (κ1) is 36.4. The summed E-state index contributed by atoms with van der Waals surface area (Å²) in [5.74, 6) is -5.72. The number of rotatable bonds is 13. The van der Waals surface area contributed by atoms with E-state index in [0.29, 0.717) is 49.3 Å². The Hall–Kier alpha value is -3.05. The zero-order valence-corrected chi connectivity index (χ0v) is 29.3. The average molecular weight is 869 g/mol. The van der Waals surface area contributed by atoms with E-state index < -0.39 is 40.1 Å². The van der Waals surface area contributed by atoms with E-state index in [2.05, 4.69) is 24.3 Å². The van der Waals surface area contributed by atoms with Gasteiger partial charge in [0.25, 0.3) is 11.8 Å². The maximum absolute atomic E-state index is 14.7. The first-order chi connectivity index (χ1) is 21.2. The number of nitrogens with zero attached hydrogens (tertiary/aromatic N) is 3. The van der Waals surface area contributed by atoms with E-state index in [4.69, 9.17) is 9.47 Å². The van der Waals surface area contributed by atoms with Gasteiger partial charge < -0.3 is 33.5 Å². The van der Waals surface area contributed by atoms with Gasteiger partial charge in [-0.1, -0.05) is 23.9 Å². The van der Waals surface area contributed by atoms with Crippen LogP contribution >= 0.6 is 11.8 Å². The Labute approximate surface area is 286 Å². The van der Waals surface area contributed by atoms with Crippen molar-refractivity contribution in [2.75, 3.05) is 39.9 Å². The zero-order chi connectivity index (χ0) is 31.8. The van der Waals surface area contributed by atoms with E-state index in [-0.39, 0.29) is 60.2 Å². The van der Waals surface area contributed by atoms with Crippen molar-refractivity contribution in [3.05, 3.63) is 108 Å². The van der Waals surface area contributed by atoms with Gasteiger partial charge in [-0.05, 0) is 43.3 Å². The largest absolute Gasteiger partial charge is 2.00 e. The second-order valence-electron chi connectivity index (χ2n) is 9.49. The minimum atomic E-state index is -1.40. The first-order valence-electron chi connectivity index (χ1n) is 13.5. The molecule has 3 aromatic carbocycles. The molecule has 0 radical (unpaired) electrons. The van der Waals surface area contributed by atoms with Crippen LogP contribution < -0.4 is 14.8 Å². The number of hydrogen-bond acceptors (Lipinski definition) is 7. The summed E-state index contributed by atoms with van der Waals surface area (Å²) < 4.78 is 67.9. The minimum Gasteiger partial charge on any atom is -0.492 e. The average Bonchev–Trinajstić information content (AvgIpc) is 3.45. The maximum Gasteiger partial charge on any atom is 2.00 e. The van der Waals surface area contributed by atoms with Crippen molar-refractivity contribution < 1.29 is 67.7 Å². The molecule has 3 aromatic rings.